The van der Waals surface area contributed by atoms with Crippen molar-refractivity contribution in [3.63, 3.8) is 0 Å². The fraction of sp³-hybridized carbons (Fsp3) is 0.444. The molecule has 2 aromatic rings. The Hall–Kier alpha value is -2.05. The van der Waals surface area contributed by atoms with E-state index >= 15 is 0 Å². The van der Waals surface area contributed by atoms with E-state index in [1.54, 1.807) is 0 Å². The Morgan fingerprint density at radius 3 is 2.96 bits per heavy atom. The molecule has 0 unspecified atom stereocenters. The number of nitrogens with zero attached hydrogens (tertiary/aromatic N) is 2. The van der Waals surface area contributed by atoms with E-state index in [0.717, 1.165) is 15.9 Å². The maximum Gasteiger partial charge on any atom is 0.240 e. The second-order valence-electron chi connectivity index (χ2n) is 6.77. The van der Waals surface area contributed by atoms with Crippen LogP contribution in [-0.2, 0) is 16.1 Å². The molecule has 1 aliphatic rings. The minimum Gasteiger partial charge on any atom is -0.353 e. The first-order valence-electron chi connectivity index (χ1n) is 8.43. The Kier molecular flexibility index (Phi) is 5.01. The van der Waals surface area contributed by atoms with Crippen molar-refractivity contribution in [2.24, 2.45) is 0 Å². The van der Waals surface area contributed by atoms with Gasteiger partial charge in [0.25, 0.3) is 0 Å². The number of fused-ring (bicyclic) bond motifs is 1. The molecule has 1 aromatic heterocycles. The number of rotatable bonds is 5. The molecule has 0 bridgehead atoms. The molecule has 134 valence electrons. The Labute approximate surface area is 152 Å². The molecule has 1 saturated heterocycles. The molecule has 3 rings (SSSR count). The predicted octanol–water partition coefficient (Wildman–Crippen LogP) is 1.62. The first kappa shape index (κ1) is 17.8. The van der Waals surface area contributed by atoms with Gasteiger partial charge in [0, 0.05) is 48.3 Å². The summed E-state index contributed by atoms with van der Waals surface area (Å²) in [7, 11) is 0. The Bertz CT molecular complexity index is 799. The largest absolute Gasteiger partial charge is 0.353 e. The molecule has 0 spiro atoms. The molecule has 0 radical (unpaired) electrons. The SMILES string of the molecule is CC1(C)C(=O)NCCN1CC(=O)NCCn1ccc2c(Cl)cccc21. The minimum atomic E-state index is -0.664. The van der Waals surface area contributed by atoms with Crippen molar-refractivity contribution in [2.45, 2.75) is 25.9 Å². The number of aromatic nitrogens is 1. The molecule has 1 aromatic carbocycles. The summed E-state index contributed by atoms with van der Waals surface area (Å²) in [5, 5.41) is 7.50. The summed E-state index contributed by atoms with van der Waals surface area (Å²) in [6.45, 7) is 6.33. The average Bonchev–Trinajstić information content (AvgIpc) is 2.97. The summed E-state index contributed by atoms with van der Waals surface area (Å²) < 4.78 is 2.07. The minimum absolute atomic E-state index is 0.0396. The van der Waals surface area contributed by atoms with Gasteiger partial charge in [-0.25, -0.2) is 0 Å². The van der Waals surface area contributed by atoms with Crippen LogP contribution >= 0.6 is 11.6 Å². The molecule has 0 aliphatic carbocycles. The van der Waals surface area contributed by atoms with Crippen molar-refractivity contribution in [1.82, 2.24) is 20.1 Å². The van der Waals surface area contributed by atoms with Crippen molar-refractivity contribution in [2.75, 3.05) is 26.2 Å². The number of hydrogen-bond donors (Lipinski definition) is 2. The van der Waals surface area contributed by atoms with Gasteiger partial charge in [0.15, 0.2) is 0 Å². The highest BCUT2D eigenvalue weighted by Gasteiger charge is 2.38. The Morgan fingerprint density at radius 1 is 1.36 bits per heavy atom. The molecule has 1 aliphatic heterocycles. The van der Waals surface area contributed by atoms with Crippen molar-refractivity contribution < 1.29 is 9.59 Å². The molecule has 6 nitrogen and oxygen atoms in total. The van der Waals surface area contributed by atoms with Crippen LogP contribution in [0.4, 0.5) is 0 Å². The van der Waals surface area contributed by atoms with Gasteiger partial charge in [-0.2, -0.15) is 0 Å². The molecule has 7 heteroatoms. The average molecular weight is 363 g/mol. The van der Waals surface area contributed by atoms with Gasteiger partial charge in [0.1, 0.15) is 0 Å². The molecule has 0 atom stereocenters. The van der Waals surface area contributed by atoms with E-state index in [0.29, 0.717) is 26.2 Å². The summed E-state index contributed by atoms with van der Waals surface area (Å²) >= 11 is 6.18. The van der Waals surface area contributed by atoms with E-state index in [-0.39, 0.29) is 18.4 Å². The highest BCUT2D eigenvalue weighted by atomic mass is 35.5. The van der Waals surface area contributed by atoms with Gasteiger partial charge < -0.3 is 15.2 Å². The van der Waals surface area contributed by atoms with Crippen molar-refractivity contribution in [3.05, 3.63) is 35.5 Å². The summed E-state index contributed by atoms with van der Waals surface area (Å²) in [5.74, 6) is -0.112. The highest BCUT2D eigenvalue weighted by molar-refractivity contribution is 6.35. The third-order valence-electron chi connectivity index (χ3n) is 4.78. The number of nitrogens with one attached hydrogen (secondary N) is 2. The summed E-state index contributed by atoms with van der Waals surface area (Å²) in [4.78, 5) is 26.1. The van der Waals surface area contributed by atoms with Crippen LogP contribution in [0.25, 0.3) is 10.9 Å². The van der Waals surface area contributed by atoms with Gasteiger partial charge in [-0.15, -0.1) is 0 Å². The lowest BCUT2D eigenvalue weighted by atomic mass is 9.99. The van der Waals surface area contributed by atoms with Crippen LogP contribution in [0.5, 0.6) is 0 Å². The van der Waals surface area contributed by atoms with Crippen LogP contribution in [-0.4, -0.2) is 53.0 Å². The zero-order valence-corrected chi connectivity index (χ0v) is 15.3. The molecule has 2 amide bonds. The summed E-state index contributed by atoms with van der Waals surface area (Å²) in [6, 6.07) is 7.78. The topological polar surface area (TPSA) is 66.4 Å². The van der Waals surface area contributed by atoms with E-state index in [9.17, 15) is 9.59 Å². The Morgan fingerprint density at radius 2 is 2.16 bits per heavy atom. The van der Waals surface area contributed by atoms with Gasteiger partial charge in [0.05, 0.1) is 12.1 Å². The number of halogens is 1. The van der Waals surface area contributed by atoms with Gasteiger partial charge >= 0.3 is 0 Å². The lowest BCUT2D eigenvalue weighted by molar-refractivity contribution is -0.137. The van der Waals surface area contributed by atoms with Gasteiger partial charge in [-0.3, -0.25) is 14.5 Å². The number of hydrogen-bond acceptors (Lipinski definition) is 3. The predicted molar refractivity (Wildman–Crippen MR) is 98.6 cm³/mol. The van der Waals surface area contributed by atoms with Crippen LogP contribution in [0.3, 0.4) is 0 Å². The van der Waals surface area contributed by atoms with Gasteiger partial charge in [0.2, 0.25) is 11.8 Å². The van der Waals surface area contributed by atoms with Crippen molar-refractivity contribution in [1.29, 1.82) is 0 Å². The van der Waals surface area contributed by atoms with Crippen LogP contribution in [0, 0.1) is 0 Å². The molecule has 1 fully saturated rings. The number of benzene rings is 1. The maximum atomic E-state index is 12.2. The van der Waals surface area contributed by atoms with Crippen LogP contribution < -0.4 is 10.6 Å². The molecule has 2 N–H and O–H groups in total. The third-order valence-corrected chi connectivity index (χ3v) is 5.11. The second kappa shape index (κ2) is 7.06. The molecule has 0 saturated carbocycles. The molecular formula is C18H23ClN4O2. The van der Waals surface area contributed by atoms with Crippen LogP contribution in [0.2, 0.25) is 5.02 Å². The number of piperazine rings is 1. The summed E-state index contributed by atoms with van der Waals surface area (Å²) in [5.41, 5.74) is 0.388. The smallest absolute Gasteiger partial charge is 0.240 e. The highest BCUT2D eigenvalue weighted by Crippen LogP contribution is 2.24. The lowest BCUT2D eigenvalue weighted by Crippen LogP contribution is -2.63. The first-order chi connectivity index (χ1) is 11.9. The van der Waals surface area contributed by atoms with Gasteiger partial charge in [-0.1, -0.05) is 17.7 Å². The van der Waals surface area contributed by atoms with E-state index in [1.807, 2.05) is 49.2 Å². The van der Waals surface area contributed by atoms with Crippen LogP contribution in [0.1, 0.15) is 13.8 Å². The molecular weight excluding hydrogens is 340 g/mol. The van der Waals surface area contributed by atoms with Gasteiger partial charge in [-0.05, 0) is 32.0 Å². The number of amides is 2. The number of carbonyl (C=O) groups is 2. The number of carbonyl (C=O) groups excluding carboxylic acids is 2. The fourth-order valence-corrected chi connectivity index (χ4v) is 3.38. The zero-order valence-electron chi connectivity index (χ0n) is 14.5. The lowest BCUT2D eigenvalue weighted by Gasteiger charge is -2.40. The second-order valence-corrected chi connectivity index (χ2v) is 7.18. The molecule has 25 heavy (non-hydrogen) atoms. The van der Waals surface area contributed by atoms with E-state index in [2.05, 4.69) is 15.2 Å². The van der Waals surface area contributed by atoms with Crippen LogP contribution in [0.15, 0.2) is 30.5 Å². The van der Waals surface area contributed by atoms with E-state index < -0.39 is 5.54 Å². The van der Waals surface area contributed by atoms with Crippen molar-refractivity contribution >= 4 is 34.3 Å². The Balaban J connectivity index is 1.54. The normalized spacial score (nSPS) is 17.5. The van der Waals surface area contributed by atoms with E-state index in [1.165, 1.54) is 0 Å². The van der Waals surface area contributed by atoms with E-state index in [4.69, 9.17) is 11.6 Å². The summed E-state index contributed by atoms with van der Waals surface area (Å²) in [6.07, 6.45) is 1.97. The monoisotopic (exact) mass is 362 g/mol. The maximum absolute atomic E-state index is 12.2. The fourth-order valence-electron chi connectivity index (χ4n) is 3.15. The standard InChI is InChI=1S/C18H23ClN4O2/c1-18(2)17(25)21-8-11-23(18)12-16(24)20-7-10-22-9-6-13-14(19)4-3-5-15(13)22/h3-6,9H,7-8,10-12H2,1-2H3,(H,20,24)(H,21,25). The third kappa shape index (κ3) is 3.65. The zero-order chi connectivity index (χ0) is 18.0. The molecule has 2 heterocycles. The first-order valence-corrected chi connectivity index (χ1v) is 8.81. The van der Waals surface area contributed by atoms with Crippen molar-refractivity contribution in [3.8, 4) is 0 Å². The quantitative estimate of drug-likeness (QED) is 0.849.